The molecule has 1 aliphatic heterocycles. The summed E-state index contributed by atoms with van der Waals surface area (Å²) in [5.74, 6) is 0.0963. The molecule has 0 atom stereocenters. The van der Waals surface area contributed by atoms with Gasteiger partial charge in [-0.25, -0.2) is 0 Å². The monoisotopic (exact) mass is 427 g/mol. The van der Waals surface area contributed by atoms with Crippen LogP contribution < -0.4 is 0 Å². The first kappa shape index (κ1) is 13.6. The second-order valence-corrected chi connectivity index (χ2v) is 6.81. The van der Waals surface area contributed by atoms with Crippen LogP contribution in [0.3, 0.4) is 0 Å². The standard InChI is InChI=1S/C12H12BrClINO/c13-11-2-1-9(15)7-10(11)12(17)16-5-3-8(14)4-6-16/h1-2,7-8H,3-6H2. The minimum absolute atomic E-state index is 0.0963. The van der Waals surface area contributed by atoms with E-state index in [4.69, 9.17) is 11.6 Å². The number of alkyl halides is 1. The third kappa shape index (κ3) is 3.35. The molecule has 1 amide bonds. The maximum absolute atomic E-state index is 12.3. The summed E-state index contributed by atoms with van der Waals surface area (Å²) in [6, 6.07) is 5.81. The van der Waals surface area contributed by atoms with E-state index in [0.29, 0.717) is 0 Å². The number of carbonyl (C=O) groups is 1. The lowest BCUT2D eigenvalue weighted by molar-refractivity contribution is 0.0725. The number of halogens is 3. The first-order valence-corrected chi connectivity index (χ1v) is 7.77. The van der Waals surface area contributed by atoms with Crippen LogP contribution in [0.2, 0.25) is 0 Å². The summed E-state index contributed by atoms with van der Waals surface area (Å²) < 4.78 is 1.93. The van der Waals surface area contributed by atoms with Gasteiger partial charge >= 0.3 is 0 Å². The topological polar surface area (TPSA) is 20.3 Å². The molecule has 1 saturated heterocycles. The number of benzene rings is 1. The zero-order valence-electron chi connectivity index (χ0n) is 9.13. The molecule has 0 aromatic heterocycles. The van der Waals surface area contributed by atoms with Gasteiger partial charge in [0, 0.05) is 26.5 Å². The number of nitrogens with zero attached hydrogens (tertiary/aromatic N) is 1. The second kappa shape index (κ2) is 5.89. The van der Waals surface area contributed by atoms with Crippen molar-refractivity contribution in [2.75, 3.05) is 13.1 Å². The summed E-state index contributed by atoms with van der Waals surface area (Å²) in [6.07, 6.45) is 1.77. The minimum Gasteiger partial charge on any atom is -0.339 e. The lowest BCUT2D eigenvalue weighted by Gasteiger charge is -2.29. The maximum atomic E-state index is 12.3. The number of likely N-dealkylation sites (tertiary alicyclic amines) is 1. The fourth-order valence-electron chi connectivity index (χ4n) is 1.88. The fourth-order valence-corrected chi connectivity index (χ4v) is 2.99. The molecule has 0 unspecified atom stereocenters. The average molecular weight is 428 g/mol. The van der Waals surface area contributed by atoms with E-state index in [-0.39, 0.29) is 11.3 Å². The lowest BCUT2D eigenvalue weighted by atomic mass is 10.1. The van der Waals surface area contributed by atoms with E-state index >= 15 is 0 Å². The Bertz CT molecular complexity index is 433. The maximum Gasteiger partial charge on any atom is 0.255 e. The Morgan fingerprint density at radius 3 is 2.71 bits per heavy atom. The number of carbonyl (C=O) groups excluding carboxylic acids is 1. The molecule has 5 heteroatoms. The number of piperidine rings is 1. The third-order valence-corrected chi connectivity index (χ3v) is 4.67. The summed E-state index contributed by atoms with van der Waals surface area (Å²) in [5, 5.41) is 0.221. The van der Waals surface area contributed by atoms with Gasteiger partial charge in [0.05, 0.1) is 5.56 Å². The summed E-state index contributed by atoms with van der Waals surface area (Å²) in [7, 11) is 0. The predicted octanol–water partition coefficient (Wildman–Crippen LogP) is 3.90. The molecule has 0 N–H and O–H groups in total. The first-order valence-electron chi connectivity index (χ1n) is 5.46. The van der Waals surface area contributed by atoms with Gasteiger partial charge < -0.3 is 4.90 Å². The molecule has 1 fully saturated rings. The molecule has 1 aromatic rings. The van der Waals surface area contributed by atoms with E-state index in [9.17, 15) is 4.79 Å². The SMILES string of the molecule is O=C(c1cc(I)ccc1Br)N1CCC(Cl)CC1. The van der Waals surface area contributed by atoms with Crippen molar-refractivity contribution >= 4 is 56.0 Å². The summed E-state index contributed by atoms with van der Waals surface area (Å²) in [5.41, 5.74) is 0.741. The van der Waals surface area contributed by atoms with Gasteiger partial charge in [0.25, 0.3) is 5.91 Å². The van der Waals surface area contributed by atoms with Crippen LogP contribution in [0.15, 0.2) is 22.7 Å². The largest absolute Gasteiger partial charge is 0.339 e. The average Bonchev–Trinajstić information content (AvgIpc) is 2.32. The molecule has 0 saturated carbocycles. The predicted molar refractivity (Wildman–Crippen MR) is 81.6 cm³/mol. The van der Waals surface area contributed by atoms with Crippen molar-refractivity contribution in [1.82, 2.24) is 4.90 Å². The second-order valence-electron chi connectivity index (χ2n) is 4.09. The van der Waals surface area contributed by atoms with Gasteiger partial charge in [-0.3, -0.25) is 4.79 Å². The van der Waals surface area contributed by atoms with Crippen molar-refractivity contribution in [3.8, 4) is 0 Å². The fraction of sp³-hybridized carbons (Fsp3) is 0.417. The highest BCUT2D eigenvalue weighted by Crippen LogP contribution is 2.23. The van der Waals surface area contributed by atoms with Gasteiger partial charge in [0.1, 0.15) is 0 Å². The van der Waals surface area contributed by atoms with E-state index in [0.717, 1.165) is 39.5 Å². The number of rotatable bonds is 1. The van der Waals surface area contributed by atoms with Crippen LogP contribution in [-0.2, 0) is 0 Å². The minimum atomic E-state index is 0.0963. The number of hydrogen-bond acceptors (Lipinski definition) is 1. The van der Waals surface area contributed by atoms with Gasteiger partial charge in [-0.1, -0.05) is 0 Å². The molecule has 0 aliphatic carbocycles. The van der Waals surface area contributed by atoms with Crippen LogP contribution >= 0.6 is 50.1 Å². The van der Waals surface area contributed by atoms with Gasteiger partial charge in [-0.05, 0) is 69.6 Å². The summed E-state index contributed by atoms with van der Waals surface area (Å²) in [4.78, 5) is 14.2. The molecule has 1 aliphatic rings. The Balaban J connectivity index is 2.16. The molecule has 0 radical (unpaired) electrons. The van der Waals surface area contributed by atoms with Crippen molar-refractivity contribution in [3.63, 3.8) is 0 Å². The Hall–Kier alpha value is 0.190. The van der Waals surface area contributed by atoms with Crippen molar-refractivity contribution in [1.29, 1.82) is 0 Å². The normalized spacial score (nSPS) is 17.2. The lowest BCUT2D eigenvalue weighted by Crippen LogP contribution is -2.38. The molecule has 1 heterocycles. The van der Waals surface area contributed by atoms with Crippen LogP contribution in [0, 0.1) is 3.57 Å². The van der Waals surface area contributed by atoms with E-state index in [1.165, 1.54) is 0 Å². The van der Waals surface area contributed by atoms with Crippen molar-refractivity contribution < 1.29 is 4.79 Å². The van der Waals surface area contributed by atoms with Gasteiger partial charge in [0.15, 0.2) is 0 Å². The highest BCUT2D eigenvalue weighted by Gasteiger charge is 2.23. The molecule has 0 spiro atoms. The van der Waals surface area contributed by atoms with Crippen LogP contribution in [0.4, 0.5) is 0 Å². The summed E-state index contributed by atoms with van der Waals surface area (Å²) >= 11 is 11.7. The Morgan fingerprint density at radius 1 is 1.41 bits per heavy atom. The molecular formula is C12H12BrClINO. The molecule has 2 nitrogen and oxygen atoms in total. The molecule has 92 valence electrons. The molecule has 1 aromatic carbocycles. The van der Waals surface area contributed by atoms with Gasteiger partial charge in [-0.2, -0.15) is 0 Å². The molecular weight excluding hydrogens is 416 g/mol. The highest BCUT2D eigenvalue weighted by atomic mass is 127. The Morgan fingerprint density at radius 2 is 2.06 bits per heavy atom. The molecule has 17 heavy (non-hydrogen) atoms. The summed E-state index contributed by atoms with van der Waals surface area (Å²) in [6.45, 7) is 1.51. The number of hydrogen-bond donors (Lipinski definition) is 0. The van der Waals surface area contributed by atoms with Crippen LogP contribution in [0.5, 0.6) is 0 Å². The van der Waals surface area contributed by atoms with Gasteiger partial charge in [-0.15, -0.1) is 11.6 Å². The van der Waals surface area contributed by atoms with E-state index < -0.39 is 0 Å². The Kier molecular flexibility index (Phi) is 4.72. The zero-order chi connectivity index (χ0) is 12.4. The van der Waals surface area contributed by atoms with E-state index in [2.05, 4.69) is 38.5 Å². The van der Waals surface area contributed by atoms with Crippen molar-refractivity contribution in [3.05, 3.63) is 31.8 Å². The van der Waals surface area contributed by atoms with Crippen LogP contribution in [-0.4, -0.2) is 29.3 Å². The van der Waals surface area contributed by atoms with Gasteiger partial charge in [0.2, 0.25) is 0 Å². The smallest absolute Gasteiger partial charge is 0.255 e. The van der Waals surface area contributed by atoms with Crippen molar-refractivity contribution in [2.24, 2.45) is 0 Å². The van der Waals surface area contributed by atoms with E-state index in [1.807, 2.05) is 23.1 Å². The van der Waals surface area contributed by atoms with Crippen LogP contribution in [0.25, 0.3) is 0 Å². The molecule has 2 rings (SSSR count). The Labute approximate surface area is 128 Å². The molecule has 0 bridgehead atoms. The third-order valence-electron chi connectivity index (χ3n) is 2.87. The van der Waals surface area contributed by atoms with Crippen molar-refractivity contribution in [2.45, 2.75) is 18.2 Å². The quantitative estimate of drug-likeness (QED) is 0.491. The number of amides is 1. The van der Waals surface area contributed by atoms with Crippen LogP contribution in [0.1, 0.15) is 23.2 Å². The highest BCUT2D eigenvalue weighted by molar-refractivity contribution is 14.1. The first-order chi connectivity index (χ1) is 8.08. The zero-order valence-corrected chi connectivity index (χ0v) is 13.6. The van der Waals surface area contributed by atoms with E-state index in [1.54, 1.807) is 0 Å².